The predicted molar refractivity (Wildman–Crippen MR) is 147 cm³/mol. The normalized spacial score (nSPS) is 13.0. The highest BCUT2D eigenvalue weighted by Crippen LogP contribution is 2.33. The minimum Gasteiger partial charge on any atom is -0.362 e. The monoisotopic (exact) mass is 668 g/mol. The van der Waals surface area contributed by atoms with Crippen molar-refractivity contribution in [3.8, 4) is 0 Å². The first-order valence-corrected chi connectivity index (χ1v) is 12.4. The van der Waals surface area contributed by atoms with Crippen LogP contribution < -0.4 is 21.3 Å². The fourth-order valence-corrected chi connectivity index (χ4v) is 3.38. The maximum absolute atomic E-state index is 10.4. The van der Waals surface area contributed by atoms with Crippen molar-refractivity contribution in [2.75, 3.05) is 10.6 Å². The molecule has 34 heavy (non-hydrogen) atoms. The first kappa shape index (κ1) is 31.9. The van der Waals surface area contributed by atoms with E-state index in [0.717, 1.165) is 0 Å². The van der Waals surface area contributed by atoms with Crippen molar-refractivity contribution in [1.29, 1.82) is 0 Å². The van der Waals surface area contributed by atoms with Crippen LogP contribution >= 0.6 is 116 Å². The highest BCUT2D eigenvalue weighted by Gasteiger charge is 2.33. The van der Waals surface area contributed by atoms with Crippen molar-refractivity contribution < 1.29 is 9.59 Å². The van der Waals surface area contributed by atoms with E-state index < -0.39 is 19.9 Å². The van der Waals surface area contributed by atoms with Gasteiger partial charge in [-0.3, -0.25) is 9.59 Å². The molecule has 2 aromatic rings. The van der Waals surface area contributed by atoms with Crippen molar-refractivity contribution in [3.05, 3.63) is 56.5 Å². The van der Waals surface area contributed by atoms with E-state index in [1.165, 1.54) is 0 Å². The minimum absolute atomic E-state index is 0.353. The van der Waals surface area contributed by atoms with Gasteiger partial charge in [0.05, 0.1) is 20.1 Å². The van der Waals surface area contributed by atoms with E-state index >= 15 is 0 Å². The molecule has 2 amide bonds. The van der Waals surface area contributed by atoms with Crippen molar-refractivity contribution in [2.45, 2.75) is 19.9 Å². The largest absolute Gasteiger partial charge is 0.362 e. The SMILES string of the molecule is O=CNC(Nc1ccc(Cl)c(Cl)c1)C(Cl)(Cl)Cl.O=CNC(Nc1ccc(Cl)c(Cl)c1)C(Cl)(Cl)Cl. The maximum atomic E-state index is 10.4. The summed E-state index contributed by atoms with van der Waals surface area (Å²) in [6.45, 7) is 0. The first-order chi connectivity index (χ1) is 15.7. The number of benzene rings is 2. The van der Waals surface area contributed by atoms with E-state index in [4.69, 9.17) is 116 Å². The van der Waals surface area contributed by atoms with Crippen LogP contribution in [-0.4, -0.2) is 32.7 Å². The Labute approximate surface area is 245 Å². The fraction of sp³-hybridized carbons (Fsp3) is 0.222. The summed E-state index contributed by atoms with van der Waals surface area (Å²) in [5.41, 5.74) is 1.12. The van der Waals surface area contributed by atoms with Gasteiger partial charge in [0.25, 0.3) is 0 Å². The predicted octanol–water partition coefficient (Wildman–Crippen LogP) is 7.70. The Morgan fingerprint density at radius 3 is 1.15 bits per heavy atom. The summed E-state index contributed by atoms with van der Waals surface area (Å²) in [6, 6.07) is 9.57. The number of alkyl halides is 6. The Morgan fingerprint density at radius 2 is 0.912 bits per heavy atom. The number of rotatable bonds is 8. The van der Waals surface area contributed by atoms with Gasteiger partial charge in [-0.15, -0.1) is 0 Å². The molecule has 0 aromatic heterocycles. The molecule has 2 atom stereocenters. The number of nitrogens with one attached hydrogen (secondary N) is 4. The lowest BCUT2D eigenvalue weighted by Crippen LogP contribution is -2.45. The van der Waals surface area contributed by atoms with Gasteiger partial charge in [0.2, 0.25) is 20.4 Å². The van der Waals surface area contributed by atoms with Gasteiger partial charge in [-0.05, 0) is 36.4 Å². The molecule has 2 unspecified atom stereocenters. The summed E-state index contributed by atoms with van der Waals surface area (Å²) in [5, 5.41) is 11.8. The Morgan fingerprint density at radius 1 is 0.588 bits per heavy atom. The number of anilines is 2. The Bertz CT molecular complexity index is 891. The van der Waals surface area contributed by atoms with Crippen LogP contribution in [0.1, 0.15) is 0 Å². The van der Waals surface area contributed by atoms with E-state index in [-0.39, 0.29) is 0 Å². The molecule has 2 rings (SSSR count). The third kappa shape index (κ3) is 11.3. The number of amides is 2. The molecule has 0 heterocycles. The molecule has 0 aliphatic heterocycles. The van der Waals surface area contributed by atoms with Crippen LogP contribution in [0.5, 0.6) is 0 Å². The van der Waals surface area contributed by atoms with Gasteiger partial charge in [0, 0.05) is 11.4 Å². The lowest BCUT2D eigenvalue weighted by atomic mass is 10.3. The van der Waals surface area contributed by atoms with E-state index in [2.05, 4.69) is 21.3 Å². The topological polar surface area (TPSA) is 82.3 Å². The van der Waals surface area contributed by atoms with Crippen LogP contribution in [-0.2, 0) is 9.59 Å². The third-order valence-corrected chi connectivity index (χ3v) is 6.37. The Hall–Kier alpha value is -0.120. The molecule has 6 nitrogen and oxygen atoms in total. The van der Waals surface area contributed by atoms with E-state index in [0.29, 0.717) is 44.3 Å². The maximum Gasteiger partial charge on any atom is 0.228 e. The summed E-state index contributed by atoms with van der Waals surface area (Å²) >= 11 is 57.3. The van der Waals surface area contributed by atoms with Gasteiger partial charge < -0.3 is 21.3 Å². The quantitative estimate of drug-likeness (QED) is 0.132. The van der Waals surface area contributed by atoms with Gasteiger partial charge in [-0.1, -0.05) is 116 Å². The van der Waals surface area contributed by atoms with E-state index in [1.807, 2.05) is 0 Å². The molecule has 0 aliphatic carbocycles. The lowest BCUT2D eigenvalue weighted by molar-refractivity contribution is -0.110. The second kappa shape index (κ2) is 14.6. The average molecular weight is 673 g/mol. The van der Waals surface area contributed by atoms with Crippen molar-refractivity contribution in [3.63, 3.8) is 0 Å². The molecular formula is C18H14Cl10N4O2. The summed E-state index contributed by atoms with van der Waals surface area (Å²) in [4.78, 5) is 20.8. The summed E-state index contributed by atoms with van der Waals surface area (Å²) in [5.74, 6) is 0. The van der Waals surface area contributed by atoms with Gasteiger partial charge >= 0.3 is 0 Å². The molecule has 4 N–H and O–H groups in total. The van der Waals surface area contributed by atoms with E-state index in [1.54, 1.807) is 36.4 Å². The zero-order valence-corrected chi connectivity index (χ0v) is 23.9. The standard InChI is InChI=1S/2C9H7Cl5N2O/c2*10-6-2-1-5(3-7(6)11)16-8(15-4-17)9(12,13)14/h2*1-4,8,16H,(H,15,17). The molecule has 0 saturated heterocycles. The zero-order chi connectivity index (χ0) is 26.1. The number of halogens is 10. The molecule has 188 valence electrons. The number of carbonyl (C=O) groups is 2. The van der Waals surface area contributed by atoms with Gasteiger partial charge in [-0.2, -0.15) is 0 Å². The Kier molecular flexibility index (Phi) is 13.7. The first-order valence-electron chi connectivity index (χ1n) is 8.65. The van der Waals surface area contributed by atoms with Crippen molar-refractivity contribution >= 4 is 140 Å². The molecular weight excluding hydrogens is 659 g/mol. The van der Waals surface area contributed by atoms with Gasteiger partial charge in [-0.25, -0.2) is 0 Å². The van der Waals surface area contributed by atoms with Crippen molar-refractivity contribution in [2.24, 2.45) is 0 Å². The molecule has 16 heteroatoms. The molecule has 0 aliphatic rings. The van der Waals surface area contributed by atoms with Crippen LogP contribution in [0.15, 0.2) is 36.4 Å². The number of hydrogen-bond donors (Lipinski definition) is 4. The average Bonchev–Trinajstić information content (AvgIpc) is 2.72. The Balaban J connectivity index is 0.000000340. The number of carbonyl (C=O) groups excluding carboxylic acids is 2. The minimum atomic E-state index is -1.70. The molecule has 2 aromatic carbocycles. The summed E-state index contributed by atoms with van der Waals surface area (Å²) < 4.78 is -3.40. The van der Waals surface area contributed by atoms with Crippen LogP contribution in [0.25, 0.3) is 0 Å². The molecule has 0 radical (unpaired) electrons. The van der Waals surface area contributed by atoms with Crippen molar-refractivity contribution in [1.82, 2.24) is 10.6 Å². The van der Waals surface area contributed by atoms with Gasteiger partial charge in [0.15, 0.2) is 0 Å². The van der Waals surface area contributed by atoms with Crippen LogP contribution in [0.4, 0.5) is 11.4 Å². The summed E-state index contributed by atoms with van der Waals surface area (Å²) in [6.07, 6.45) is -0.918. The second-order valence-corrected chi connectivity index (χ2v) is 12.4. The van der Waals surface area contributed by atoms with Crippen LogP contribution in [0.3, 0.4) is 0 Å². The molecule has 0 saturated carbocycles. The number of hydrogen-bond acceptors (Lipinski definition) is 4. The second-order valence-electron chi connectivity index (χ2n) is 6.06. The smallest absolute Gasteiger partial charge is 0.228 e. The highest BCUT2D eigenvalue weighted by molar-refractivity contribution is 6.68. The zero-order valence-electron chi connectivity index (χ0n) is 16.4. The molecule has 0 fully saturated rings. The molecule has 0 spiro atoms. The third-order valence-electron chi connectivity index (χ3n) is 3.59. The van der Waals surface area contributed by atoms with Crippen LogP contribution in [0, 0.1) is 0 Å². The van der Waals surface area contributed by atoms with Crippen LogP contribution in [0.2, 0.25) is 20.1 Å². The molecule has 0 bridgehead atoms. The lowest BCUT2D eigenvalue weighted by Gasteiger charge is -2.25. The van der Waals surface area contributed by atoms with Gasteiger partial charge in [0.1, 0.15) is 12.3 Å². The van der Waals surface area contributed by atoms with E-state index in [9.17, 15) is 9.59 Å². The highest BCUT2D eigenvalue weighted by atomic mass is 35.6. The fourth-order valence-electron chi connectivity index (χ4n) is 2.08. The summed E-state index contributed by atoms with van der Waals surface area (Å²) in [7, 11) is 0.